The fraction of sp³-hybridized carbons (Fsp3) is 0.444. The van der Waals surface area contributed by atoms with E-state index in [0.29, 0.717) is 6.54 Å². The molecule has 0 spiro atoms. The van der Waals surface area contributed by atoms with Crippen molar-refractivity contribution >= 4 is 0 Å². The predicted molar refractivity (Wildman–Crippen MR) is 48.2 cm³/mol. The van der Waals surface area contributed by atoms with Gasteiger partial charge in [0.1, 0.15) is 5.75 Å². The topological polar surface area (TPSA) is 48.1 Å². The van der Waals surface area contributed by atoms with E-state index in [1.54, 1.807) is 13.3 Å². The average Bonchev–Trinajstić information content (AvgIpc) is 2.15. The first-order valence-corrected chi connectivity index (χ1v) is 4.06. The Hall–Kier alpha value is -1.09. The second-order valence-corrected chi connectivity index (χ2v) is 2.54. The Morgan fingerprint density at radius 2 is 2.42 bits per heavy atom. The van der Waals surface area contributed by atoms with Crippen LogP contribution in [0.3, 0.4) is 0 Å². The van der Waals surface area contributed by atoms with Gasteiger partial charge in [-0.25, -0.2) is 0 Å². The Morgan fingerprint density at radius 1 is 1.58 bits per heavy atom. The van der Waals surface area contributed by atoms with Crippen LogP contribution in [0.15, 0.2) is 18.3 Å². The maximum atomic E-state index is 5.40. The van der Waals surface area contributed by atoms with Gasteiger partial charge in [0.25, 0.3) is 0 Å². The van der Waals surface area contributed by atoms with Gasteiger partial charge in [0.05, 0.1) is 12.8 Å². The number of methoxy groups -OCH3 is 1. The van der Waals surface area contributed by atoms with Gasteiger partial charge in [-0.3, -0.25) is 4.98 Å². The van der Waals surface area contributed by atoms with Crippen LogP contribution in [0.1, 0.15) is 12.1 Å². The molecule has 0 saturated carbocycles. The van der Waals surface area contributed by atoms with E-state index in [4.69, 9.17) is 10.5 Å². The first kappa shape index (κ1) is 9.00. The minimum Gasteiger partial charge on any atom is -0.495 e. The van der Waals surface area contributed by atoms with Gasteiger partial charge < -0.3 is 10.5 Å². The highest BCUT2D eigenvalue weighted by Crippen LogP contribution is 2.15. The van der Waals surface area contributed by atoms with E-state index in [1.807, 2.05) is 12.1 Å². The number of aryl methyl sites for hydroxylation is 1. The second kappa shape index (κ2) is 4.72. The van der Waals surface area contributed by atoms with Crippen LogP contribution in [0.25, 0.3) is 0 Å². The third kappa shape index (κ3) is 2.20. The van der Waals surface area contributed by atoms with Gasteiger partial charge in [0.15, 0.2) is 0 Å². The summed E-state index contributed by atoms with van der Waals surface area (Å²) < 4.78 is 5.14. The number of aromatic nitrogens is 1. The predicted octanol–water partition coefficient (Wildman–Crippen LogP) is 0.981. The molecule has 12 heavy (non-hydrogen) atoms. The number of rotatable bonds is 4. The zero-order valence-corrected chi connectivity index (χ0v) is 7.29. The molecular formula is C9H14N2O. The summed E-state index contributed by atoms with van der Waals surface area (Å²) in [5, 5.41) is 0. The Kier molecular flexibility index (Phi) is 3.54. The molecule has 0 aliphatic carbocycles. The molecule has 0 aliphatic heterocycles. The van der Waals surface area contributed by atoms with Crippen LogP contribution in [0.4, 0.5) is 0 Å². The van der Waals surface area contributed by atoms with Gasteiger partial charge in [-0.05, 0) is 31.5 Å². The molecule has 0 saturated heterocycles. The van der Waals surface area contributed by atoms with Crippen molar-refractivity contribution in [1.82, 2.24) is 4.98 Å². The third-order valence-corrected chi connectivity index (χ3v) is 1.69. The second-order valence-electron chi connectivity index (χ2n) is 2.54. The number of pyridine rings is 1. The van der Waals surface area contributed by atoms with Crippen LogP contribution in [-0.2, 0) is 6.42 Å². The summed E-state index contributed by atoms with van der Waals surface area (Å²) in [6, 6.07) is 3.78. The first-order valence-electron chi connectivity index (χ1n) is 4.06. The van der Waals surface area contributed by atoms with Gasteiger partial charge >= 0.3 is 0 Å². The fourth-order valence-electron chi connectivity index (χ4n) is 1.07. The molecule has 3 nitrogen and oxygen atoms in total. The van der Waals surface area contributed by atoms with Crippen molar-refractivity contribution in [3.8, 4) is 5.75 Å². The molecule has 66 valence electrons. The number of hydrogen-bond acceptors (Lipinski definition) is 3. The largest absolute Gasteiger partial charge is 0.495 e. The van der Waals surface area contributed by atoms with E-state index in [2.05, 4.69) is 4.98 Å². The fourth-order valence-corrected chi connectivity index (χ4v) is 1.07. The SMILES string of the molecule is COc1cccnc1CCCN. The number of nitrogens with two attached hydrogens (primary N) is 1. The van der Waals surface area contributed by atoms with Gasteiger partial charge in [-0.1, -0.05) is 0 Å². The maximum absolute atomic E-state index is 5.40. The summed E-state index contributed by atoms with van der Waals surface area (Å²) in [6.07, 6.45) is 3.61. The third-order valence-electron chi connectivity index (χ3n) is 1.69. The summed E-state index contributed by atoms with van der Waals surface area (Å²) in [5.41, 5.74) is 6.39. The molecule has 0 unspecified atom stereocenters. The van der Waals surface area contributed by atoms with Gasteiger partial charge in [0.2, 0.25) is 0 Å². The van der Waals surface area contributed by atoms with Gasteiger partial charge in [-0.15, -0.1) is 0 Å². The smallest absolute Gasteiger partial charge is 0.140 e. The zero-order chi connectivity index (χ0) is 8.81. The summed E-state index contributed by atoms with van der Waals surface area (Å²) >= 11 is 0. The highest BCUT2D eigenvalue weighted by atomic mass is 16.5. The maximum Gasteiger partial charge on any atom is 0.140 e. The normalized spacial score (nSPS) is 9.83. The quantitative estimate of drug-likeness (QED) is 0.725. The summed E-state index contributed by atoms with van der Waals surface area (Å²) in [5.74, 6) is 0.853. The lowest BCUT2D eigenvalue weighted by Gasteiger charge is -2.05. The number of hydrogen-bond donors (Lipinski definition) is 1. The zero-order valence-electron chi connectivity index (χ0n) is 7.29. The molecule has 1 heterocycles. The molecule has 0 aromatic carbocycles. The van der Waals surface area contributed by atoms with Gasteiger partial charge in [0, 0.05) is 6.20 Å². The lowest BCUT2D eigenvalue weighted by atomic mass is 10.2. The van der Waals surface area contributed by atoms with Crippen molar-refractivity contribution in [3.05, 3.63) is 24.0 Å². The molecule has 0 aliphatic rings. The van der Waals surface area contributed by atoms with Crippen LogP contribution in [0.2, 0.25) is 0 Å². The highest BCUT2D eigenvalue weighted by molar-refractivity contribution is 5.26. The molecule has 0 amide bonds. The molecule has 2 N–H and O–H groups in total. The van der Waals surface area contributed by atoms with E-state index < -0.39 is 0 Å². The van der Waals surface area contributed by atoms with Crippen molar-refractivity contribution < 1.29 is 4.74 Å². The molecule has 1 rings (SSSR count). The Bertz CT molecular complexity index is 238. The van der Waals surface area contributed by atoms with Crippen molar-refractivity contribution in [2.24, 2.45) is 5.73 Å². The van der Waals surface area contributed by atoms with Crippen molar-refractivity contribution in [3.63, 3.8) is 0 Å². The number of nitrogens with zero attached hydrogens (tertiary/aromatic N) is 1. The minimum atomic E-state index is 0.694. The first-order chi connectivity index (χ1) is 5.88. The van der Waals surface area contributed by atoms with E-state index in [1.165, 1.54) is 0 Å². The number of ether oxygens (including phenoxy) is 1. The Balaban J connectivity index is 2.68. The van der Waals surface area contributed by atoms with Crippen LogP contribution < -0.4 is 10.5 Å². The van der Waals surface area contributed by atoms with E-state index in [9.17, 15) is 0 Å². The Morgan fingerprint density at radius 3 is 3.08 bits per heavy atom. The lowest BCUT2D eigenvalue weighted by molar-refractivity contribution is 0.406. The molecule has 0 fully saturated rings. The van der Waals surface area contributed by atoms with E-state index in [0.717, 1.165) is 24.3 Å². The van der Waals surface area contributed by atoms with Crippen molar-refractivity contribution in [2.75, 3.05) is 13.7 Å². The molecule has 0 radical (unpaired) electrons. The summed E-state index contributed by atoms with van der Waals surface area (Å²) in [7, 11) is 1.66. The standard InChI is InChI=1S/C9H14N2O/c1-12-9-5-3-7-11-8(9)4-2-6-10/h3,5,7H,2,4,6,10H2,1H3. The molecule has 3 heteroatoms. The van der Waals surface area contributed by atoms with E-state index in [-0.39, 0.29) is 0 Å². The monoisotopic (exact) mass is 166 g/mol. The molecule has 1 aromatic rings. The van der Waals surface area contributed by atoms with Crippen LogP contribution in [0, 0.1) is 0 Å². The lowest BCUT2D eigenvalue weighted by Crippen LogP contribution is -2.02. The van der Waals surface area contributed by atoms with Crippen LogP contribution in [0.5, 0.6) is 5.75 Å². The minimum absolute atomic E-state index is 0.694. The summed E-state index contributed by atoms with van der Waals surface area (Å²) in [6.45, 7) is 0.694. The molecule has 0 atom stereocenters. The molecular weight excluding hydrogens is 152 g/mol. The van der Waals surface area contributed by atoms with Crippen molar-refractivity contribution in [2.45, 2.75) is 12.8 Å². The van der Waals surface area contributed by atoms with Crippen LogP contribution in [-0.4, -0.2) is 18.6 Å². The van der Waals surface area contributed by atoms with Crippen molar-refractivity contribution in [1.29, 1.82) is 0 Å². The molecule has 0 bridgehead atoms. The Labute approximate surface area is 72.6 Å². The van der Waals surface area contributed by atoms with Gasteiger partial charge in [-0.2, -0.15) is 0 Å². The highest BCUT2D eigenvalue weighted by Gasteiger charge is 2.00. The summed E-state index contributed by atoms with van der Waals surface area (Å²) in [4.78, 5) is 4.21. The molecule has 1 aromatic heterocycles. The van der Waals surface area contributed by atoms with E-state index >= 15 is 0 Å². The van der Waals surface area contributed by atoms with Crippen LogP contribution >= 0.6 is 0 Å². The average molecular weight is 166 g/mol.